The van der Waals surface area contributed by atoms with E-state index in [0.29, 0.717) is 12.5 Å². The van der Waals surface area contributed by atoms with Crippen LogP contribution in [0.25, 0.3) is 10.4 Å². The van der Waals surface area contributed by atoms with Gasteiger partial charge >= 0.3 is 6.09 Å². The van der Waals surface area contributed by atoms with Crippen LogP contribution in [0.15, 0.2) is 41.8 Å². The Balaban J connectivity index is 1.21. The van der Waals surface area contributed by atoms with E-state index in [-0.39, 0.29) is 6.09 Å². The number of benzene rings is 1. The van der Waals surface area contributed by atoms with Crippen LogP contribution in [0, 0.1) is 23.7 Å². The molecule has 4 heterocycles. The van der Waals surface area contributed by atoms with E-state index >= 15 is 0 Å². The maximum absolute atomic E-state index is 12.4. The lowest BCUT2D eigenvalue weighted by molar-refractivity contribution is -0.0807. The molecule has 4 fully saturated rings. The van der Waals surface area contributed by atoms with Gasteiger partial charge in [-0.05, 0) is 47.6 Å². The van der Waals surface area contributed by atoms with Gasteiger partial charge in [0.2, 0.25) is 0 Å². The van der Waals surface area contributed by atoms with Crippen molar-refractivity contribution < 1.29 is 9.53 Å². The molecule has 0 radical (unpaired) electrons. The lowest BCUT2D eigenvalue weighted by atomic mass is 9.62. The molecule has 4 bridgehead atoms. The van der Waals surface area contributed by atoms with Crippen LogP contribution in [0.1, 0.15) is 12.8 Å². The number of carbonyl (C=O) groups is 1. The summed E-state index contributed by atoms with van der Waals surface area (Å²) in [7, 11) is 0. The average molecular weight is 369 g/mol. The van der Waals surface area contributed by atoms with Crippen LogP contribution >= 0.6 is 11.3 Å². The molecule has 1 amide bonds. The zero-order chi connectivity index (χ0) is 17.5. The summed E-state index contributed by atoms with van der Waals surface area (Å²) in [5.41, 5.74) is 1.95. The van der Waals surface area contributed by atoms with Gasteiger partial charge in [0.25, 0.3) is 0 Å². The number of hydrogen-bond donors (Lipinski definition) is 1. The zero-order valence-electron chi connectivity index (χ0n) is 14.8. The first-order valence-corrected chi connectivity index (χ1v) is 10.4. The average Bonchev–Trinajstić information content (AvgIpc) is 3.09. The fourth-order valence-electron chi connectivity index (χ4n) is 5.32. The minimum absolute atomic E-state index is 0.324. The largest absolute Gasteiger partial charge is 0.449 e. The van der Waals surface area contributed by atoms with E-state index in [0.717, 1.165) is 33.9 Å². The van der Waals surface area contributed by atoms with E-state index in [9.17, 15) is 4.79 Å². The summed E-state index contributed by atoms with van der Waals surface area (Å²) in [4.78, 5) is 16.1. The second-order valence-corrected chi connectivity index (χ2v) is 8.91. The fourth-order valence-corrected chi connectivity index (χ4v) is 6.18. The molecule has 1 N–H and O–H groups in total. The number of anilines is 1. The Bertz CT molecular complexity index is 760. The summed E-state index contributed by atoms with van der Waals surface area (Å²) in [6, 6.07) is 12.1. The third kappa shape index (κ3) is 3.03. The number of ether oxygens (including phenoxy) is 1. The van der Waals surface area contributed by atoms with Gasteiger partial charge in [0.05, 0.1) is 17.2 Å². The normalized spacial score (nSPS) is 31.8. The summed E-state index contributed by atoms with van der Waals surface area (Å²) in [6.07, 6.45) is 2.33. The molecule has 1 aromatic carbocycles. The molecule has 2 aromatic rings. The molecule has 5 heteroatoms. The highest BCUT2D eigenvalue weighted by Gasteiger charge is 2.47. The van der Waals surface area contributed by atoms with Crippen molar-refractivity contribution in [3.05, 3.63) is 41.8 Å². The third-order valence-electron chi connectivity index (χ3n) is 6.33. The van der Waals surface area contributed by atoms with Crippen LogP contribution in [0.3, 0.4) is 0 Å². The van der Waals surface area contributed by atoms with E-state index in [1.807, 2.05) is 29.6 Å². The second kappa shape index (κ2) is 6.71. The maximum Gasteiger partial charge on any atom is 0.411 e. The van der Waals surface area contributed by atoms with Gasteiger partial charge in [0.1, 0.15) is 0 Å². The highest BCUT2D eigenvalue weighted by Crippen LogP contribution is 2.47. The van der Waals surface area contributed by atoms with Gasteiger partial charge in [0.15, 0.2) is 0 Å². The van der Waals surface area contributed by atoms with Crippen LogP contribution in [-0.2, 0) is 4.74 Å². The van der Waals surface area contributed by atoms with Crippen LogP contribution in [0.5, 0.6) is 0 Å². The SMILES string of the molecule is O=C(Nc1ccsc1-c1ccccc1)OCC1[C@@H]2CC3C[C@H]1CN(C3)C2. The van der Waals surface area contributed by atoms with Gasteiger partial charge in [-0.15, -0.1) is 11.3 Å². The molecule has 3 unspecified atom stereocenters. The summed E-state index contributed by atoms with van der Waals surface area (Å²) < 4.78 is 5.67. The Morgan fingerprint density at radius 3 is 2.62 bits per heavy atom. The summed E-state index contributed by atoms with van der Waals surface area (Å²) in [5.74, 6) is 2.87. The van der Waals surface area contributed by atoms with Crippen molar-refractivity contribution in [3.63, 3.8) is 0 Å². The molecule has 3 saturated heterocycles. The van der Waals surface area contributed by atoms with E-state index in [4.69, 9.17) is 4.74 Å². The number of rotatable bonds is 4. The molecule has 3 aliphatic heterocycles. The standard InChI is InChI=1S/C21H24N2O2S/c24-21(22-19-6-7-26-20(19)15-4-2-1-3-5-15)25-13-18-16-8-14-9-17(18)12-23(10-14)11-16/h1-7,14,16-18H,8-13H2,(H,22,24)/t14?,16-,17+,18?. The van der Waals surface area contributed by atoms with Crippen molar-refractivity contribution in [2.45, 2.75) is 12.8 Å². The number of nitrogens with zero attached hydrogens (tertiary/aromatic N) is 1. The van der Waals surface area contributed by atoms with E-state index in [1.165, 1.54) is 32.5 Å². The predicted octanol–water partition coefficient (Wildman–Crippen LogP) is 4.55. The van der Waals surface area contributed by atoms with Crippen molar-refractivity contribution in [1.29, 1.82) is 0 Å². The molecule has 1 aliphatic carbocycles. The monoisotopic (exact) mass is 368 g/mol. The number of carbonyl (C=O) groups excluding carboxylic acids is 1. The predicted molar refractivity (Wildman–Crippen MR) is 104 cm³/mol. The lowest BCUT2D eigenvalue weighted by Crippen LogP contribution is -2.58. The van der Waals surface area contributed by atoms with Crippen LogP contribution in [0.4, 0.5) is 10.5 Å². The molecule has 0 spiro atoms. The summed E-state index contributed by atoms with van der Waals surface area (Å²) in [6.45, 7) is 4.25. The highest BCUT2D eigenvalue weighted by atomic mass is 32.1. The van der Waals surface area contributed by atoms with Crippen molar-refractivity contribution >= 4 is 23.1 Å². The molecule has 1 saturated carbocycles. The van der Waals surface area contributed by atoms with Crippen LogP contribution in [-0.4, -0.2) is 37.2 Å². The third-order valence-corrected chi connectivity index (χ3v) is 7.29. The number of piperidine rings is 3. The number of thiophene rings is 1. The Morgan fingerprint density at radius 2 is 1.88 bits per heavy atom. The maximum atomic E-state index is 12.4. The topological polar surface area (TPSA) is 41.6 Å². The van der Waals surface area contributed by atoms with Gasteiger partial charge in [-0.25, -0.2) is 4.79 Å². The number of nitrogens with one attached hydrogen (secondary N) is 1. The van der Waals surface area contributed by atoms with Crippen LogP contribution in [0.2, 0.25) is 0 Å². The molecule has 4 nitrogen and oxygen atoms in total. The first-order valence-electron chi connectivity index (χ1n) is 9.55. The van der Waals surface area contributed by atoms with E-state index in [1.54, 1.807) is 11.3 Å². The van der Waals surface area contributed by atoms with E-state index in [2.05, 4.69) is 22.3 Å². The second-order valence-electron chi connectivity index (χ2n) is 7.99. The summed E-state index contributed by atoms with van der Waals surface area (Å²) in [5, 5.41) is 4.95. The lowest BCUT2D eigenvalue weighted by Gasteiger charge is -2.55. The smallest absolute Gasteiger partial charge is 0.411 e. The fraction of sp³-hybridized carbons (Fsp3) is 0.476. The van der Waals surface area contributed by atoms with Gasteiger partial charge in [-0.2, -0.15) is 0 Å². The van der Waals surface area contributed by atoms with Crippen molar-refractivity contribution in [1.82, 2.24) is 4.90 Å². The number of amides is 1. The Hall–Kier alpha value is -1.85. The first-order chi connectivity index (χ1) is 12.8. The minimum atomic E-state index is -0.324. The van der Waals surface area contributed by atoms with Gasteiger partial charge in [0, 0.05) is 25.6 Å². The zero-order valence-corrected chi connectivity index (χ0v) is 15.6. The molecule has 26 heavy (non-hydrogen) atoms. The molecule has 6 rings (SSSR count). The molecule has 5 atom stereocenters. The molecular formula is C21H24N2O2S. The van der Waals surface area contributed by atoms with Crippen molar-refractivity contribution in [3.8, 4) is 10.4 Å². The molecule has 1 aromatic heterocycles. The Labute approximate surface area is 158 Å². The first kappa shape index (κ1) is 16.3. The van der Waals surface area contributed by atoms with Gasteiger partial charge in [-0.3, -0.25) is 5.32 Å². The molecule has 4 aliphatic rings. The number of hydrogen-bond acceptors (Lipinski definition) is 4. The van der Waals surface area contributed by atoms with Gasteiger partial charge in [-0.1, -0.05) is 30.3 Å². The summed E-state index contributed by atoms with van der Waals surface area (Å²) >= 11 is 1.63. The molecule has 136 valence electrons. The Kier molecular flexibility index (Phi) is 4.21. The minimum Gasteiger partial charge on any atom is -0.449 e. The van der Waals surface area contributed by atoms with Crippen molar-refractivity contribution in [2.24, 2.45) is 23.7 Å². The van der Waals surface area contributed by atoms with E-state index < -0.39 is 0 Å². The quantitative estimate of drug-likeness (QED) is 0.861. The van der Waals surface area contributed by atoms with Crippen molar-refractivity contribution in [2.75, 3.05) is 31.6 Å². The van der Waals surface area contributed by atoms with Gasteiger partial charge < -0.3 is 9.64 Å². The van der Waals surface area contributed by atoms with Crippen LogP contribution < -0.4 is 5.32 Å². The molecular weight excluding hydrogens is 344 g/mol. The Morgan fingerprint density at radius 1 is 1.12 bits per heavy atom. The highest BCUT2D eigenvalue weighted by molar-refractivity contribution is 7.14.